The Hall–Kier alpha value is 0.240. The molecule has 0 aromatic rings. The second-order valence-electron chi connectivity index (χ2n) is 2.95. The number of nitrogens with zero attached hydrogens (tertiary/aromatic N) is 1. The van der Waals surface area contributed by atoms with Gasteiger partial charge in [0.15, 0.2) is 0 Å². The van der Waals surface area contributed by atoms with Crippen molar-refractivity contribution in [2.24, 2.45) is 5.92 Å². The predicted molar refractivity (Wildman–Crippen MR) is 51.5 cm³/mol. The fourth-order valence-corrected chi connectivity index (χ4v) is 2.28. The summed E-state index contributed by atoms with van der Waals surface area (Å²) in [6.07, 6.45) is 0. The van der Waals surface area contributed by atoms with Gasteiger partial charge < -0.3 is 4.90 Å². The molecule has 0 atom stereocenters. The van der Waals surface area contributed by atoms with Crippen molar-refractivity contribution in [3.05, 3.63) is 0 Å². The van der Waals surface area contributed by atoms with Crippen molar-refractivity contribution in [2.45, 2.75) is 13.8 Å². The van der Waals surface area contributed by atoms with Gasteiger partial charge >= 0.3 is 0 Å². The van der Waals surface area contributed by atoms with Gasteiger partial charge in [-0.1, -0.05) is 37.8 Å². The average Bonchev–Trinajstić information content (AvgIpc) is 2.15. The molecule has 1 heterocycles. The van der Waals surface area contributed by atoms with Crippen LogP contribution in [0.5, 0.6) is 0 Å². The van der Waals surface area contributed by atoms with Crippen LogP contribution in [0.4, 0.5) is 0 Å². The molecule has 0 aliphatic carbocycles. The van der Waals surface area contributed by atoms with Crippen LogP contribution in [0, 0.1) is 5.92 Å². The fourth-order valence-electron chi connectivity index (χ4n) is 1.03. The first-order chi connectivity index (χ1) is 4.70. The molecule has 0 spiro atoms. The Bertz CT molecular complexity index is 134. The zero-order chi connectivity index (χ0) is 7.56. The summed E-state index contributed by atoms with van der Waals surface area (Å²) in [4.78, 5) is 2.30. The Morgan fingerprint density at radius 3 is 2.80 bits per heavy atom. The van der Waals surface area contributed by atoms with Crippen LogP contribution in [0.15, 0.2) is 0 Å². The zero-order valence-corrected chi connectivity index (χ0v) is 8.10. The van der Waals surface area contributed by atoms with Crippen LogP contribution >= 0.6 is 24.0 Å². The first-order valence-corrected chi connectivity index (χ1v) is 5.01. The normalized spacial score (nSPS) is 19.1. The molecule has 10 heavy (non-hydrogen) atoms. The molecule has 0 unspecified atom stereocenters. The largest absolute Gasteiger partial charge is 0.356 e. The molecule has 0 aromatic carbocycles. The summed E-state index contributed by atoms with van der Waals surface area (Å²) < 4.78 is 1.09. The molecule has 1 fully saturated rings. The third-order valence-electron chi connectivity index (χ3n) is 1.43. The van der Waals surface area contributed by atoms with Gasteiger partial charge in [0, 0.05) is 18.8 Å². The van der Waals surface area contributed by atoms with Gasteiger partial charge in [0.25, 0.3) is 0 Å². The van der Waals surface area contributed by atoms with E-state index in [1.54, 1.807) is 11.8 Å². The molecule has 1 nitrogen and oxygen atoms in total. The smallest absolute Gasteiger partial charge is 0.136 e. The van der Waals surface area contributed by atoms with Crippen LogP contribution < -0.4 is 0 Å². The monoisotopic (exact) mass is 175 g/mol. The average molecular weight is 175 g/mol. The minimum Gasteiger partial charge on any atom is -0.356 e. The Morgan fingerprint density at radius 2 is 2.40 bits per heavy atom. The van der Waals surface area contributed by atoms with Crippen molar-refractivity contribution in [1.29, 1.82) is 0 Å². The molecule has 1 saturated heterocycles. The zero-order valence-electron chi connectivity index (χ0n) is 6.46. The van der Waals surface area contributed by atoms with Crippen molar-refractivity contribution in [3.63, 3.8) is 0 Å². The van der Waals surface area contributed by atoms with Gasteiger partial charge in [-0.25, -0.2) is 0 Å². The quantitative estimate of drug-likeness (QED) is 0.591. The van der Waals surface area contributed by atoms with Crippen LogP contribution in [0.25, 0.3) is 0 Å². The molecule has 58 valence electrons. The van der Waals surface area contributed by atoms with E-state index < -0.39 is 0 Å². The van der Waals surface area contributed by atoms with E-state index in [0.29, 0.717) is 0 Å². The minimum absolute atomic E-state index is 0.733. The summed E-state index contributed by atoms with van der Waals surface area (Å²) in [6, 6.07) is 0. The van der Waals surface area contributed by atoms with Crippen LogP contribution in [-0.2, 0) is 0 Å². The van der Waals surface area contributed by atoms with E-state index in [0.717, 1.165) is 23.3 Å². The van der Waals surface area contributed by atoms with Crippen molar-refractivity contribution in [3.8, 4) is 0 Å². The lowest BCUT2D eigenvalue weighted by Gasteiger charge is -2.18. The summed E-state index contributed by atoms with van der Waals surface area (Å²) in [5, 5.41) is 0. The number of rotatable bonds is 2. The molecule has 0 N–H and O–H groups in total. The molecule has 3 heteroatoms. The highest BCUT2D eigenvalue weighted by Gasteiger charge is 2.17. The summed E-state index contributed by atoms with van der Waals surface area (Å²) in [6.45, 7) is 6.74. The molecular formula is C7H13NS2. The molecule has 1 aliphatic rings. The standard InChI is InChI=1S/C7H13NS2/c1-6(2)5-8-3-4-10-7(8)9/h6H,3-5H2,1-2H3. The third-order valence-corrected chi connectivity index (χ3v) is 2.93. The lowest BCUT2D eigenvalue weighted by Crippen LogP contribution is -2.27. The van der Waals surface area contributed by atoms with Gasteiger partial charge in [0.1, 0.15) is 4.32 Å². The van der Waals surface area contributed by atoms with Crippen LogP contribution in [0.3, 0.4) is 0 Å². The van der Waals surface area contributed by atoms with Gasteiger partial charge in [-0.15, -0.1) is 0 Å². The maximum absolute atomic E-state index is 5.15. The maximum atomic E-state index is 5.15. The van der Waals surface area contributed by atoms with E-state index >= 15 is 0 Å². The van der Waals surface area contributed by atoms with E-state index in [-0.39, 0.29) is 0 Å². The van der Waals surface area contributed by atoms with Crippen LogP contribution in [0.1, 0.15) is 13.8 Å². The summed E-state index contributed by atoms with van der Waals surface area (Å²) in [7, 11) is 0. The first-order valence-electron chi connectivity index (χ1n) is 3.62. The van der Waals surface area contributed by atoms with Gasteiger partial charge in [-0.05, 0) is 5.92 Å². The molecule has 0 amide bonds. The fraction of sp³-hybridized carbons (Fsp3) is 0.857. The minimum atomic E-state index is 0.733. The Morgan fingerprint density at radius 1 is 1.70 bits per heavy atom. The maximum Gasteiger partial charge on any atom is 0.136 e. The van der Waals surface area contributed by atoms with E-state index in [1.807, 2.05) is 0 Å². The highest BCUT2D eigenvalue weighted by molar-refractivity contribution is 8.23. The van der Waals surface area contributed by atoms with E-state index in [4.69, 9.17) is 12.2 Å². The van der Waals surface area contributed by atoms with Crippen LogP contribution in [-0.4, -0.2) is 28.1 Å². The molecule has 1 aliphatic heterocycles. The molecule has 0 radical (unpaired) electrons. The number of hydrogen-bond acceptors (Lipinski definition) is 2. The van der Waals surface area contributed by atoms with Crippen molar-refractivity contribution >= 4 is 28.3 Å². The lowest BCUT2D eigenvalue weighted by atomic mass is 10.2. The lowest BCUT2D eigenvalue weighted by molar-refractivity contribution is 0.401. The Labute approximate surface area is 72.2 Å². The van der Waals surface area contributed by atoms with Crippen molar-refractivity contribution < 1.29 is 0 Å². The summed E-state index contributed by atoms with van der Waals surface area (Å²) in [5.41, 5.74) is 0. The molecule has 0 bridgehead atoms. The number of thioether (sulfide) groups is 1. The predicted octanol–water partition coefficient (Wildman–Crippen LogP) is 1.98. The van der Waals surface area contributed by atoms with Gasteiger partial charge in [0.2, 0.25) is 0 Å². The topological polar surface area (TPSA) is 3.24 Å². The molecule has 0 aromatic heterocycles. The van der Waals surface area contributed by atoms with E-state index in [1.165, 1.54) is 5.75 Å². The Balaban J connectivity index is 2.33. The highest BCUT2D eigenvalue weighted by atomic mass is 32.2. The summed E-state index contributed by atoms with van der Waals surface area (Å²) >= 11 is 6.95. The number of thiocarbonyl (C=S) groups is 1. The Kier molecular flexibility index (Phi) is 2.98. The second kappa shape index (κ2) is 3.58. The van der Waals surface area contributed by atoms with Crippen molar-refractivity contribution in [1.82, 2.24) is 4.90 Å². The first kappa shape index (κ1) is 8.34. The van der Waals surface area contributed by atoms with Crippen LogP contribution in [0.2, 0.25) is 0 Å². The van der Waals surface area contributed by atoms with E-state index in [9.17, 15) is 0 Å². The van der Waals surface area contributed by atoms with Gasteiger partial charge in [-0.3, -0.25) is 0 Å². The van der Waals surface area contributed by atoms with Gasteiger partial charge in [-0.2, -0.15) is 0 Å². The van der Waals surface area contributed by atoms with Crippen molar-refractivity contribution in [2.75, 3.05) is 18.8 Å². The summed E-state index contributed by atoms with van der Waals surface area (Å²) in [5.74, 6) is 1.92. The second-order valence-corrected chi connectivity index (χ2v) is 4.68. The highest BCUT2D eigenvalue weighted by Crippen LogP contribution is 2.18. The molecule has 0 saturated carbocycles. The third kappa shape index (κ3) is 2.13. The SMILES string of the molecule is CC(C)CN1CCSC1=S. The number of hydrogen-bond donors (Lipinski definition) is 0. The molecule has 1 rings (SSSR count). The van der Waals surface area contributed by atoms with Gasteiger partial charge in [0.05, 0.1) is 0 Å². The van der Waals surface area contributed by atoms with E-state index in [2.05, 4.69) is 18.7 Å². The molecular weight excluding hydrogens is 162 g/mol.